The molecule has 0 bridgehead atoms. The van der Waals surface area contributed by atoms with Gasteiger partial charge in [-0.25, -0.2) is 4.68 Å². The molecule has 31 heavy (non-hydrogen) atoms. The Kier molecular flexibility index (Phi) is 5.24. The maximum atomic E-state index is 13.5. The fraction of sp³-hybridized carbons (Fsp3) is 0.292. The highest BCUT2D eigenvalue weighted by molar-refractivity contribution is 6.30. The van der Waals surface area contributed by atoms with Crippen molar-refractivity contribution in [1.29, 1.82) is 0 Å². The van der Waals surface area contributed by atoms with Crippen molar-refractivity contribution < 1.29 is 4.79 Å². The Labute approximate surface area is 184 Å². The quantitative estimate of drug-likeness (QED) is 0.486. The summed E-state index contributed by atoms with van der Waals surface area (Å²) < 4.78 is 3.30. The largest absolute Gasteiger partial charge is 0.341 e. The van der Waals surface area contributed by atoms with Crippen molar-refractivity contribution in [2.24, 2.45) is 0 Å². The smallest absolute Gasteiger partial charge is 0.291 e. The molecule has 2 aromatic carbocycles. The summed E-state index contributed by atoms with van der Waals surface area (Å²) in [6.45, 7) is 1.98. The zero-order chi connectivity index (χ0) is 21.4. The second-order valence-electron chi connectivity index (χ2n) is 8.04. The molecular formula is C24H23ClN4O2. The molecule has 1 amide bonds. The van der Waals surface area contributed by atoms with E-state index in [2.05, 4.69) is 5.10 Å². The first-order chi connectivity index (χ1) is 15.1. The Morgan fingerprint density at radius 2 is 1.81 bits per heavy atom. The zero-order valence-electron chi connectivity index (χ0n) is 17.1. The maximum absolute atomic E-state index is 13.5. The Bertz CT molecular complexity index is 1330. The second kappa shape index (κ2) is 8.19. The van der Waals surface area contributed by atoms with Crippen LogP contribution in [0.15, 0.2) is 59.5 Å². The molecule has 1 fully saturated rings. The van der Waals surface area contributed by atoms with Crippen molar-refractivity contribution in [3.63, 3.8) is 0 Å². The van der Waals surface area contributed by atoms with Gasteiger partial charge in [-0.1, -0.05) is 41.9 Å². The number of halogens is 1. The molecule has 1 aliphatic heterocycles. The number of nitrogens with zero attached hydrogens (tertiary/aromatic N) is 4. The van der Waals surface area contributed by atoms with Crippen molar-refractivity contribution >= 4 is 39.3 Å². The topological polar surface area (TPSA) is 60.1 Å². The van der Waals surface area contributed by atoms with E-state index in [-0.39, 0.29) is 18.0 Å². The number of likely N-dealkylation sites (tertiary alicyclic amines) is 1. The Hall–Kier alpha value is -3.12. The van der Waals surface area contributed by atoms with Crippen LogP contribution in [0.4, 0.5) is 0 Å². The summed E-state index contributed by atoms with van der Waals surface area (Å²) in [5.41, 5.74) is 2.27. The van der Waals surface area contributed by atoms with Crippen molar-refractivity contribution in [3.05, 3.63) is 75.7 Å². The first kappa shape index (κ1) is 19.8. The van der Waals surface area contributed by atoms with Gasteiger partial charge in [0, 0.05) is 40.9 Å². The van der Waals surface area contributed by atoms with Gasteiger partial charge < -0.3 is 9.47 Å². The molecule has 3 heterocycles. The molecule has 6 nitrogen and oxygen atoms in total. The standard InChI is InChI=1S/C24H23ClN4O2/c25-18-8-6-7-17(13-18)15-28-21-10-3-2-9-19(21)20-14-26-29(24(31)23(20)28)16-22(30)27-11-4-1-5-12-27/h2-3,6-10,13-14H,1,4-5,11-12,15-16H2. The number of carbonyl (C=O) groups excluding carboxylic acids is 1. The predicted octanol–water partition coefficient (Wildman–Crippen LogP) is 4.07. The molecule has 1 saturated heterocycles. The van der Waals surface area contributed by atoms with Crippen molar-refractivity contribution in [3.8, 4) is 0 Å². The summed E-state index contributed by atoms with van der Waals surface area (Å²) in [6.07, 6.45) is 4.89. The Balaban J connectivity index is 1.61. The lowest BCUT2D eigenvalue weighted by atomic mass is 10.1. The molecule has 0 N–H and O–H groups in total. The third kappa shape index (κ3) is 3.72. The summed E-state index contributed by atoms with van der Waals surface area (Å²) in [5, 5.41) is 6.77. The van der Waals surface area contributed by atoms with Crippen LogP contribution in [0.25, 0.3) is 21.8 Å². The minimum absolute atomic E-state index is 0.0343. The third-order valence-corrected chi connectivity index (χ3v) is 6.23. The molecule has 7 heteroatoms. The highest BCUT2D eigenvalue weighted by atomic mass is 35.5. The van der Waals surface area contributed by atoms with Gasteiger partial charge in [0.2, 0.25) is 5.91 Å². The molecule has 0 radical (unpaired) electrons. The number of para-hydroxylation sites is 1. The average molecular weight is 435 g/mol. The number of rotatable bonds is 4. The molecule has 0 aliphatic carbocycles. The lowest BCUT2D eigenvalue weighted by Crippen LogP contribution is -2.40. The van der Waals surface area contributed by atoms with Crippen LogP contribution in [0.1, 0.15) is 24.8 Å². The normalized spacial score (nSPS) is 14.4. The van der Waals surface area contributed by atoms with E-state index in [9.17, 15) is 9.59 Å². The lowest BCUT2D eigenvalue weighted by Gasteiger charge is -2.26. The number of aromatic nitrogens is 3. The molecule has 4 aromatic rings. The van der Waals surface area contributed by atoms with E-state index in [0.717, 1.165) is 54.2 Å². The third-order valence-electron chi connectivity index (χ3n) is 6.00. The van der Waals surface area contributed by atoms with E-state index in [1.807, 2.05) is 58.0 Å². The van der Waals surface area contributed by atoms with Gasteiger partial charge >= 0.3 is 0 Å². The van der Waals surface area contributed by atoms with E-state index in [4.69, 9.17) is 11.6 Å². The number of carbonyl (C=O) groups is 1. The average Bonchev–Trinajstić information content (AvgIpc) is 3.10. The van der Waals surface area contributed by atoms with Gasteiger partial charge in [0.1, 0.15) is 12.1 Å². The van der Waals surface area contributed by atoms with E-state index in [1.165, 1.54) is 4.68 Å². The van der Waals surface area contributed by atoms with Gasteiger partial charge in [-0.05, 0) is 43.0 Å². The van der Waals surface area contributed by atoms with Gasteiger partial charge in [-0.15, -0.1) is 0 Å². The molecule has 0 unspecified atom stereocenters. The number of hydrogen-bond donors (Lipinski definition) is 0. The van der Waals surface area contributed by atoms with Gasteiger partial charge in [0.25, 0.3) is 5.56 Å². The van der Waals surface area contributed by atoms with E-state index >= 15 is 0 Å². The van der Waals surface area contributed by atoms with Crippen molar-refractivity contribution in [2.75, 3.05) is 13.1 Å². The number of fused-ring (bicyclic) bond motifs is 3. The molecule has 0 saturated carbocycles. The first-order valence-corrected chi connectivity index (χ1v) is 11.0. The molecule has 0 atom stereocenters. The van der Waals surface area contributed by atoms with Crippen molar-refractivity contribution in [1.82, 2.24) is 19.2 Å². The molecule has 0 spiro atoms. The lowest BCUT2D eigenvalue weighted by molar-refractivity contribution is -0.133. The fourth-order valence-corrected chi connectivity index (χ4v) is 4.67. The molecular weight excluding hydrogens is 412 g/mol. The number of piperidine rings is 1. The Morgan fingerprint density at radius 1 is 1.00 bits per heavy atom. The minimum Gasteiger partial charge on any atom is -0.341 e. The van der Waals surface area contributed by atoms with Gasteiger partial charge in [-0.3, -0.25) is 9.59 Å². The highest BCUT2D eigenvalue weighted by Gasteiger charge is 2.20. The van der Waals surface area contributed by atoms with E-state index in [1.54, 1.807) is 6.20 Å². The molecule has 1 aliphatic rings. The minimum atomic E-state index is -0.249. The monoisotopic (exact) mass is 434 g/mol. The predicted molar refractivity (Wildman–Crippen MR) is 122 cm³/mol. The van der Waals surface area contributed by atoms with Crippen LogP contribution in [0, 0.1) is 0 Å². The number of benzene rings is 2. The number of hydrogen-bond acceptors (Lipinski definition) is 3. The molecule has 158 valence electrons. The van der Waals surface area contributed by atoms with Crippen LogP contribution < -0.4 is 5.56 Å². The summed E-state index contributed by atoms with van der Waals surface area (Å²) in [7, 11) is 0. The van der Waals surface area contributed by atoms with Gasteiger partial charge in [0.05, 0.1) is 6.20 Å². The van der Waals surface area contributed by atoms with E-state index < -0.39 is 0 Å². The van der Waals surface area contributed by atoms with Gasteiger partial charge in [-0.2, -0.15) is 5.10 Å². The van der Waals surface area contributed by atoms with Crippen LogP contribution in [-0.4, -0.2) is 38.2 Å². The fourth-order valence-electron chi connectivity index (χ4n) is 4.46. The van der Waals surface area contributed by atoms with Crippen LogP contribution >= 0.6 is 11.6 Å². The van der Waals surface area contributed by atoms with Crippen LogP contribution in [0.2, 0.25) is 5.02 Å². The summed E-state index contributed by atoms with van der Waals surface area (Å²) in [5.74, 6) is -0.0499. The zero-order valence-corrected chi connectivity index (χ0v) is 17.9. The van der Waals surface area contributed by atoms with Crippen LogP contribution in [0.3, 0.4) is 0 Å². The number of amides is 1. The van der Waals surface area contributed by atoms with Crippen molar-refractivity contribution in [2.45, 2.75) is 32.4 Å². The second-order valence-corrected chi connectivity index (χ2v) is 8.48. The van der Waals surface area contributed by atoms with Crippen LogP contribution in [-0.2, 0) is 17.9 Å². The molecule has 2 aromatic heterocycles. The maximum Gasteiger partial charge on any atom is 0.291 e. The Morgan fingerprint density at radius 3 is 2.61 bits per heavy atom. The summed E-state index contributed by atoms with van der Waals surface area (Å²) >= 11 is 6.18. The summed E-state index contributed by atoms with van der Waals surface area (Å²) in [6, 6.07) is 15.5. The highest BCUT2D eigenvalue weighted by Crippen LogP contribution is 2.27. The van der Waals surface area contributed by atoms with E-state index in [0.29, 0.717) is 17.1 Å². The first-order valence-electron chi connectivity index (χ1n) is 10.6. The SMILES string of the molecule is O=C(Cn1ncc2c3ccccc3n(Cc3cccc(Cl)c3)c2c1=O)N1CCCCC1. The summed E-state index contributed by atoms with van der Waals surface area (Å²) in [4.78, 5) is 28.1. The van der Waals surface area contributed by atoms with Crippen LogP contribution in [0.5, 0.6) is 0 Å². The molecule has 5 rings (SSSR count). The van der Waals surface area contributed by atoms with Gasteiger partial charge in [0.15, 0.2) is 0 Å².